The molecule has 0 radical (unpaired) electrons. The molecule has 4 heteroatoms. The highest BCUT2D eigenvalue weighted by molar-refractivity contribution is 5.74. The van der Waals surface area contributed by atoms with E-state index in [0.717, 1.165) is 25.9 Å². The topological polar surface area (TPSA) is 58.6 Å². The van der Waals surface area contributed by atoms with Crippen molar-refractivity contribution in [2.45, 2.75) is 18.9 Å². The summed E-state index contributed by atoms with van der Waals surface area (Å²) in [5, 5.41) is 12.6. The number of aliphatic hydroxyl groups is 1. The summed E-state index contributed by atoms with van der Waals surface area (Å²) in [6.45, 7) is 1.75. The number of esters is 1. The van der Waals surface area contributed by atoms with Gasteiger partial charge in [-0.15, -0.1) is 0 Å². The van der Waals surface area contributed by atoms with Crippen molar-refractivity contribution in [3.05, 3.63) is 0 Å². The number of hydrogen-bond donors (Lipinski definition) is 2. The second-order valence-electron chi connectivity index (χ2n) is 3.06. The minimum Gasteiger partial charge on any atom is -0.467 e. The minimum atomic E-state index is -0.933. The minimum absolute atomic E-state index is 0.0682. The van der Waals surface area contributed by atoms with Gasteiger partial charge in [0, 0.05) is 0 Å². The highest BCUT2D eigenvalue weighted by Crippen LogP contribution is 2.16. The van der Waals surface area contributed by atoms with Crippen LogP contribution in [0.3, 0.4) is 0 Å². The van der Waals surface area contributed by atoms with Crippen molar-refractivity contribution in [1.29, 1.82) is 0 Å². The first-order valence-electron chi connectivity index (χ1n) is 4.22. The standard InChI is InChI=1S/C8H15NO3/c1-12-8(11)7(10)6-2-4-9-5-3-6/h6-7,9-10H,2-5H2,1H3/t7-/m0/s1. The van der Waals surface area contributed by atoms with Gasteiger partial charge in [-0.3, -0.25) is 0 Å². The van der Waals surface area contributed by atoms with E-state index in [1.54, 1.807) is 0 Å². The molecule has 1 fully saturated rings. The summed E-state index contributed by atoms with van der Waals surface area (Å²) in [5.74, 6) is -0.444. The van der Waals surface area contributed by atoms with Gasteiger partial charge in [-0.05, 0) is 31.8 Å². The first-order chi connectivity index (χ1) is 5.75. The molecule has 2 N–H and O–H groups in total. The molecule has 1 atom stereocenters. The van der Waals surface area contributed by atoms with Gasteiger partial charge in [-0.2, -0.15) is 0 Å². The summed E-state index contributed by atoms with van der Waals surface area (Å²) < 4.78 is 4.46. The van der Waals surface area contributed by atoms with Crippen LogP contribution in [0.2, 0.25) is 0 Å². The van der Waals surface area contributed by atoms with Gasteiger partial charge in [0.1, 0.15) is 0 Å². The van der Waals surface area contributed by atoms with Crippen LogP contribution in [0.15, 0.2) is 0 Å². The number of hydrogen-bond acceptors (Lipinski definition) is 4. The molecule has 0 bridgehead atoms. The number of methoxy groups -OCH3 is 1. The van der Waals surface area contributed by atoms with Crippen LogP contribution in [0.25, 0.3) is 0 Å². The molecule has 0 aromatic rings. The van der Waals surface area contributed by atoms with Crippen molar-refractivity contribution in [1.82, 2.24) is 5.32 Å². The zero-order valence-electron chi connectivity index (χ0n) is 7.25. The molecule has 0 spiro atoms. The normalized spacial score (nSPS) is 21.8. The number of carbonyl (C=O) groups is 1. The first kappa shape index (κ1) is 9.48. The number of carbonyl (C=O) groups excluding carboxylic acids is 1. The monoisotopic (exact) mass is 173 g/mol. The van der Waals surface area contributed by atoms with Crippen LogP contribution < -0.4 is 5.32 Å². The molecule has 0 aliphatic carbocycles. The Morgan fingerprint density at radius 2 is 2.17 bits per heavy atom. The molecule has 0 unspecified atom stereocenters. The summed E-state index contributed by atoms with van der Waals surface area (Å²) in [6.07, 6.45) is 0.754. The Labute approximate surface area is 71.9 Å². The molecule has 0 aromatic carbocycles. The van der Waals surface area contributed by atoms with Crippen molar-refractivity contribution in [3.8, 4) is 0 Å². The quantitative estimate of drug-likeness (QED) is 0.554. The summed E-state index contributed by atoms with van der Waals surface area (Å²) >= 11 is 0. The van der Waals surface area contributed by atoms with Crippen molar-refractivity contribution in [3.63, 3.8) is 0 Å². The van der Waals surface area contributed by atoms with E-state index in [-0.39, 0.29) is 5.92 Å². The predicted octanol–water partition coefficient (Wildman–Crippen LogP) is -0.480. The van der Waals surface area contributed by atoms with E-state index in [0.29, 0.717) is 0 Å². The lowest BCUT2D eigenvalue weighted by Crippen LogP contribution is -2.38. The Morgan fingerprint density at radius 3 is 2.67 bits per heavy atom. The molecule has 1 aliphatic heterocycles. The molecule has 1 saturated heterocycles. The molecule has 12 heavy (non-hydrogen) atoms. The number of rotatable bonds is 2. The largest absolute Gasteiger partial charge is 0.467 e. The van der Waals surface area contributed by atoms with Gasteiger partial charge in [-0.1, -0.05) is 0 Å². The Morgan fingerprint density at radius 1 is 1.58 bits per heavy atom. The second kappa shape index (κ2) is 4.42. The van der Waals surface area contributed by atoms with Crippen LogP contribution >= 0.6 is 0 Å². The lowest BCUT2D eigenvalue weighted by Gasteiger charge is -2.25. The highest BCUT2D eigenvalue weighted by atomic mass is 16.5. The molecule has 0 amide bonds. The number of nitrogens with one attached hydrogen (secondary N) is 1. The summed E-state index contributed by atoms with van der Waals surface area (Å²) in [7, 11) is 1.30. The maximum absolute atomic E-state index is 10.9. The van der Waals surface area contributed by atoms with Gasteiger partial charge in [0.15, 0.2) is 6.10 Å². The number of ether oxygens (including phenoxy) is 1. The van der Waals surface area contributed by atoms with E-state index in [9.17, 15) is 9.90 Å². The molecule has 1 aliphatic rings. The number of aliphatic hydroxyl groups excluding tert-OH is 1. The molecular formula is C8H15NO3. The summed E-state index contributed by atoms with van der Waals surface area (Å²) in [4.78, 5) is 10.9. The van der Waals surface area contributed by atoms with E-state index in [1.165, 1.54) is 7.11 Å². The Kier molecular flexibility index (Phi) is 3.49. The van der Waals surface area contributed by atoms with E-state index >= 15 is 0 Å². The Bertz CT molecular complexity index is 154. The fraction of sp³-hybridized carbons (Fsp3) is 0.875. The van der Waals surface area contributed by atoms with E-state index in [2.05, 4.69) is 10.1 Å². The fourth-order valence-electron chi connectivity index (χ4n) is 1.47. The lowest BCUT2D eigenvalue weighted by atomic mass is 9.92. The second-order valence-corrected chi connectivity index (χ2v) is 3.06. The van der Waals surface area contributed by atoms with Gasteiger partial charge >= 0.3 is 5.97 Å². The van der Waals surface area contributed by atoms with Crippen molar-refractivity contribution in [2.75, 3.05) is 20.2 Å². The zero-order chi connectivity index (χ0) is 8.97. The van der Waals surface area contributed by atoms with Gasteiger partial charge in [0.25, 0.3) is 0 Å². The van der Waals surface area contributed by atoms with E-state index in [1.807, 2.05) is 0 Å². The average Bonchev–Trinajstić information content (AvgIpc) is 2.17. The Hall–Kier alpha value is -0.610. The van der Waals surface area contributed by atoms with Crippen LogP contribution in [0.5, 0.6) is 0 Å². The number of piperidine rings is 1. The molecule has 4 nitrogen and oxygen atoms in total. The SMILES string of the molecule is COC(=O)[C@@H](O)C1CCNCC1. The van der Waals surface area contributed by atoms with E-state index in [4.69, 9.17) is 0 Å². The molecule has 1 heterocycles. The van der Waals surface area contributed by atoms with Gasteiger partial charge in [0.05, 0.1) is 7.11 Å². The van der Waals surface area contributed by atoms with Crippen LogP contribution in [-0.2, 0) is 9.53 Å². The molecule has 70 valence electrons. The van der Waals surface area contributed by atoms with Gasteiger partial charge < -0.3 is 15.2 Å². The third-order valence-corrected chi connectivity index (χ3v) is 2.27. The van der Waals surface area contributed by atoms with Crippen molar-refractivity contribution in [2.24, 2.45) is 5.92 Å². The molecule has 0 aromatic heterocycles. The maximum atomic E-state index is 10.9. The van der Waals surface area contributed by atoms with Crippen molar-refractivity contribution >= 4 is 5.97 Å². The lowest BCUT2D eigenvalue weighted by molar-refractivity contribution is -0.153. The molecule has 1 rings (SSSR count). The van der Waals surface area contributed by atoms with E-state index < -0.39 is 12.1 Å². The maximum Gasteiger partial charge on any atom is 0.334 e. The van der Waals surface area contributed by atoms with Crippen LogP contribution in [-0.4, -0.2) is 37.4 Å². The summed E-state index contributed by atoms with van der Waals surface area (Å²) in [6, 6.07) is 0. The third-order valence-electron chi connectivity index (χ3n) is 2.27. The van der Waals surface area contributed by atoms with Crippen LogP contribution in [0, 0.1) is 5.92 Å². The average molecular weight is 173 g/mol. The summed E-state index contributed by atoms with van der Waals surface area (Å²) in [5.41, 5.74) is 0. The third kappa shape index (κ3) is 2.19. The van der Waals surface area contributed by atoms with Crippen LogP contribution in [0.1, 0.15) is 12.8 Å². The van der Waals surface area contributed by atoms with Gasteiger partial charge in [0.2, 0.25) is 0 Å². The predicted molar refractivity (Wildman–Crippen MR) is 43.6 cm³/mol. The van der Waals surface area contributed by atoms with Gasteiger partial charge in [-0.25, -0.2) is 4.79 Å². The zero-order valence-corrected chi connectivity index (χ0v) is 7.25. The highest BCUT2D eigenvalue weighted by Gasteiger charge is 2.27. The Balaban J connectivity index is 2.39. The fourth-order valence-corrected chi connectivity index (χ4v) is 1.47. The smallest absolute Gasteiger partial charge is 0.334 e. The van der Waals surface area contributed by atoms with Crippen LogP contribution in [0.4, 0.5) is 0 Å². The molecule has 0 saturated carbocycles. The molecular weight excluding hydrogens is 158 g/mol. The van der Waals surface area contributed by atoms with Crippen molar-refractivity contribution < 1.29 is 14.6 Å². The first-order valence-corrected chi connectivity index (χ1v) is 4.22.